The molecule has 0 spiro atoms. The van der Waals surface area contributed by atoms with E-state index in [-0.39, 0.29) is 6.04 Å². The van der Waals surface area contributed by atoms with Gasteiger partial charge < -0.3 is 14.8 Å². The average molecular weight is 305 g/mol. The number of halogens is 1. The molecule has 4 nitrogen and oxygen atoms in total. The zero-order valence-electron chi connectivity index (χ0n) is 11.8. The van der Waals surface area contributed by atoms with Gasteiger partial charge in [-0.15, -0.1) is 0 Å². The van der Waals surface area contributed by atoms with Gasteiger partial charge in [-0.2, -0.15) is 0 Å². The number of nitrogens with one attached hydrogen (secondary N) is 1. The van der Waals surface area contributed by atoms with Gasteiger partial charge in [0, 0.05) is 18.8 Å². The quantitative estimate of drug-likeness (QED) is 0.940. The molecule has 0 aliphatic carbocycles. The summed E-state index contributed by atoms with van der Waals surface area (Å²) in [5.74, 6) is 1.36. The number of hydrogen-bond acceptors (Lipinski definition) is 4. The Balaban J connectivity index is 1.69. The van der Waals surface area contributed by atoms with Crippen LogP contribution in [0.4, 0.5) is 0 Å². The maximum atomic E-state index is 6.23. The lowest BCUT2D eigenvalue weighted by Crippen LogP contribution is -2.20. The van der Waals surface area contributed by atoms with Crippen LogP contribution in [0.25, 0.3) is 0 Å². The molecule has 1 atom stereocenters. The molecule has 1 unspecified atom stereocenters. The van der Waals surface area contributed by atoms with Crippen LogP contribution in [-0.4, -0.2) is 18.2 Å². The minimum Gasteiger partial charge on any atom is -0.486 e. The molecule has 21 heavy (non-hydrogen) atoms. The lowest BCUT2D eigenvalue weighted by Gasteiger charge is -2.21. The van der Waals surface area contributed by atoms with E-state index in [1.165, 1.54) is 0 Å². The average Bonchev–Trinajstić information content (AvgIpc) is 2.53. The molecule has 110 valence electrons. The van der Waals surface area contributed by atoms with Crippen LogP contribution in [0.1, 0.15) is 24.2 Å². The fraction of sp³-hybridized carbons (Fsp3) is 0.312. The van der Waals surface area contributed by atoms with Crippen molar-refractivity contribution in [3.63, 3.8) is 0 Å². The van der Waals surface area contributed by atoms with Gasteiger partial charge in [-0.05, 0) is 36.8 Å². The normalized spacial score (nSPS) is 14.8. The predicted molar refractivity (Wildman–Crippen MR) is 81.9 cm³/mol. The van der Waals surface area contributed by atoms with Gasteiger partial charge >= 0.3 is 0 Å². The minimum absolute atomic E-state index is 0.165. The number of rotatable bonds is 4. The highest BCUT2D eigenvalue weighted by Gasteiger charge is 2.17. The smallest absolute Gasteiger partial charge is 0.179 e. The van der Waals surface area contributed by atoms with Crippen molar-refractivity contribution in [3.8, 4) is 11.5 Å². The molecule has 0 radical (unpaired) electrons. The number of aromatic nitrogens is 1. The second-order valence-electron chi connectivity index (χ2n) is 4.96. The third kappa shape index (κ3) is 3.28. The molecule has 1 aromatic carbocycles. The maximum Gasteiger partial charge on any atom is 0.179 e. The number of hydrogen-bond donors (Lipinski definition) is 1. The van der Waals surface area contributed by atoms with Gasteiger partial charge in [0.05, 0.1) is 10.7 Å². The number of ether oxygens (including phenoxy) is 2. The molecule has 1 N–H and O–H groups in total. The van der Waals surface area contributed by atoms with E-state index in [0.717, 1.165) is 17.0 Å². The van der Waals surface area contributed by atoms with E-state index in [4.69, 9.17) is 21.1 Å². The summed E-state index contributed by atoms with van der Waals surface area (Å²) in [6.45, 7) is 3.88. The van der Waals surface area contributed by atoms with Crippen LogP contribution >= 0.6 is 11.6 Å². The van der Waals surface area contributed by atoms with Crippen LogP contribution in [0.15, 0.2) is 36.5 Å². The first-order valence-corrected chi connectivity index (χ1v) is 7.34. The molecule has 1 aliphatic heterocycles. The Morgan fingerprint density at radius 2 is 2.14 bits per heavy atom. The van der Waals surface area contributed by atoms with Crippen molar-refractivity contribution in [1.82, 2.24) is 10.3 Å². The van der Waals surface area contributed by atoms with Gasteiger partial charge in [0.1, 0.15) is 13.2 Å². The van der Waals surface area contributed by atoms with Crippen LogP contribution in [0.2, 0.25) is 5.02 Å². The SMILES string of the molecule is CC(NCc1cc(Cl)c2c(c1)OCCO2)c1ccccn1. The Hall–Kier alpha value is -1.78. The Morgan fingerprint density at radius 1 is 1.29 bits per heavy atom. The molecule has 0 fully saturated rings. The Kier molecular flexibility index (Phi) is 4.27. The molecular formula is C16H17ClN2O2. The summed E-state index contributed by atoms with van der Waals surface area (Å²) in [6, 6.07) is 9.96. The predicted octanol–water partition coefficient (Wildman–Crippen LogP) is 3.36. The van der Waals surface area contributed by atoms with Gasteiger partial charge in [0.15, 0.2) is 11.5 Å². The summed E-state index contributed by atoms with van der Waals surface area (Å²) in [7, 11) is 0. The highest BCUT2D eigenvalue weighted by atomic mass is 35.5. The van der Waals surface area contributed by atoms with E-state index in [9.17, 15) is 0 Å². The van der Waals surface area contributed by atoms with E-state index >= 15 is 0 Å². The molecule has 0 saturated carbocycles. The van der Waals surface area contributed by atoms with Crippen molar-refractivity contribution in [2.45, 2.75) is 19.5 Å². The first-order valence-electron chi connectivity index (χ1n) is 6.96. The Morgan fingerprint density at radius 3 is 2.95 bits per heavy atom. The van der Waals surface area contributed by atoms with E-state index in [0.29, 0.717) is 30.5 Å². The van der Waals surface area contributed by atoms with Gasteiger partial charge in [0.2, 0.25) is 0 Å². The molecule has 2 aromatic rings. The summed E-state index contributed by atoms with van der Waals surface area (Å²) < 4.78 is 11.1. The van der Waals surface area contributed by atoms with Crippen molar-refractivity contribution < 1.29 is 9.47 Å². The molecule has 0 amide bonds. The number of nitrogens with zero attached hydrogens (tertiary/aromatic N) is 1. The van der Waals surface area contributed by atoms with Crippen LogP contribution in [0.5, 0.6) is 11.5 Å². The van der Waals surface area contributed by atoms with E-state index < -0.39 is 0 Å². The molecule has 1 aliphatic rings. The zero-order chi connectivity index (χ0) is 14.7. The second-order valence-corrected chi connectivity index (χ2v) is 5.37. The Labute approximate surface area is 129 Å². The van der Waals surface area contributed by atoms with Gasteiger partial charge in [-0.25, -0.2) is 0 Å². The number of fused-ring (bicyclic) bond motifs is 1. The zero-order valence-corrected chi connectivity index (χ0v) is 12.6. The highest BCUT2D eigenvalue weighted by Crippen LogP contribution is 2.38. The van der Waals surface area contributed by atoms with Crippen LogP contribution < -0.4 is 14.8 Å². The van der Waals surface area contributed by atoms with Crippen molar-refractivity contribution in [3.05, 3.63) is 52.8 Å². The second kappa shape index (κ2) is 6.33. The van der Waals surface area contributed by atoms with Crippen LogP contribution in [0.3, 0.4) is 0 Å². The first kappa shape index (κ1) is 14.2. The van der Waals surface area contributed by atoms with Crippen molar-refractivity contribution in [1.29, 1.82) is 0 Å². The molecular weight excluding hydrogens is 288 g/mol. The molecule has 3 rings (SSSR count). The Bertz CT molecular complexity index is 619. The molecule has 0 saturated heterocycles. The van der Waals surface area contributed by atoms with E-state index in [1.807, 2.05) is 30.3 Å². The largest absolute Gasteiger partial charge is 0.486 e. The fourth-order valence-corrected chi connectivity index (χ4v) is 2.56. The summed E-state index contributed by atoms with van der Waals surface area (Å²) in [4.78, 5) is 4.35. The van der Waals surface area contributed by atoms with Crippen molar-refractivity contribution in [2.75, 3.05) is 13.2 Å². The highest BCUT2D eigenvalue weighted by molar-refractivity contribution is 6.32. The van der Waals surface area contributed by atoms with E-state index in [1.54, 1.807) is 6.20 Å². The molecule has 2 heterocycles. The number of benzene rings is 1. The number of pyridine rings is 1. The van der Waals surface area contributed by atoms with Crippen molar-refractivity contribution in [2.24, 2.45) is 0 Å². The van der Waals surface area contributed by atoms with Crippen molar-refractivity contribution >= 4 is 11.6 Å². The summed E-state index contributed by atoms with van der Waals surface area (Å²) in [5.41, 5.74) is 2.08. The third-order valence-electron chi connectivity index (χ3n) is 3.40. The standard InChI is InChI=1S/C16H17ClN2O2/c1-11(14-4-2-3-5-18-14)19-10-12-8-13(17)16-15(9-12)20-6-7-21-16/h2-5,8-9,11,19H,6-7,10H2,1H3. The van der Waals surface area contributed by atoms with Gasteiger partial charge in [-0.3, -0.25) is 4.98 Å². The molecule has 0 bridgehead atoms. The molecule has 1 aromatic heterocycles. The summed E-state index contributed by atoms with van der Waals surface area (Å²) in [6.07, 6.45) is 1.80. The topological polar surface area (TPSA) is 43.4 Å². The monoisotopic (exact) mass is 304 g/mol. The summed E-state index contributed by atoms with van der Waals surface area (Å²) >= 11 is 6.23. The summed E-state index contributed by atoms with van der Waals surface area (Å²) in [5, 5.41) is 4.02. The lowest BCUT2D eigenvalue weighted by atomic mass is 10.1. The van der Waals surface area contributed by atoms with Gasteiger partial charge in [-0.1, -0.05) is 17.7 Å². The van der Waals surface area contributed by atoms with Crippen LogP contribution in [-0.2, 0) is 6.54 Å². The first-order chi connectivity index (χ1) is 10.2. The lowest BCUT2D eigenvalue weighted by molar-refractivity contribution is 0.171. The van der Waals surface area contributed by atoms with Gasteiger partial charge in [0.25, 0.3) is 0 Å². The molecule has 5 heteroatoms. The third-order valence-corrected chi connectivity index (χ3v) is 3.68. The maximum absolute atomic E-state index is 6.23. The minimum atomic E-state index is 0.165. The van der Waals surface area contributed by atoms with Crippen LogP contribution in [0, 0.1) is 0 Å². The van der Waals surface area contributed by atoms with E-state index in [2.05, 4.69) is 17.2 Å². The fourth-order valence-electron chi connectivity index (χ4n) is 2.27.